The largest absolute Gasteiger partial charge is 0.328 e. The van der Waals surface area contributed by atoms with Crippen molar-refractivity contribution in [2.24, 2.45) is 11.7 Å². The van der Waals surface area contributed by atoms with Crippen molar-refractivity contribution in [2.75, 3.05) is 0 Å². The van der Waals surface area contributed by atoms with E-state index in [9.17, 15) is 0 Å². The van der Waals surface area contributed by atoms with Gasteiger partial charge in [-0.05, 0) is 19.3 Å². The molecule has 0 rings (SSSR count). The molecule has 1 unspecified atom stereocenters. The Morgan fingerprint density at radius 2 is 1.62 bits per heavy atom. The Morgan fingerprint density at radius 3 is 1.62 bits per heavy atom. The van der Waals surface area contributed by atoms with E-state index in [1.165, 1.54) is 0 Å². The smallest absolute Gasteiger partial charge is 0.00129 e. The van der Waals surface area contributed by atoms with Gasteiger partial charge in [0, 0.05) is 24.6 Å². The molecule has 0 bridgehead atoms. The Kier molecular flexibility index (Phi) is 8.06. The number of hydrogen-bond acceptors (Lipinski definition) is 1. The van der Waals surface area contributed by atoms with Gasteiger partial charge in [-0.15, -0.1) is 0 Å². The van der Waals surface area contributed by atoms with Crippen LogP contribution in [-0.2, 0) is 18.6 Å². The summed E-state index contributed by atoms with van der Waals surface area (Å²) in [6.07, 6.45) is 1.14. The molecule has 2 N–H and O–H groups in total. The second-order valence-corrected chi connectivity index (χ2v) is 2.61. The minimum Gasteiger partial charge on any atom is -0.328 e. The average Bonchev–Trinajstić information content (AvgIpc) is 1.27. The normalized spacial score (nSPS) is 13.1. The molecule has 0 aromatic heterocycles. The van der Waals surface area contributed by atoms with Gasteiger partial charge in [-0.3, -0.25) is 0 Å². The first kappa shape index (κ1) is 11.4. The fourth-order valence-electron chi connectivity index (χ4n) is 0.744. The second kappa shape index (κ2) is 5.68. The summed E-state index contributed by atoms with van der Waals surface area (Å²) < 4.78 is 0. The molecular formula is C6H15NV. The monoisotopic (exact) mass is 152 g/mol. The van der Waals surface area contributed by atoms with Gasteiger partial charge in [-0.2, -0.15) is 0 Å². The molecule has 0 saturated heterocycles. The molecule has 1 nitrogen and oxygen atoms in total. The molecule has 0 aromatic rings. The van der Waals surface area contributed by atoms with Crippen molar-refractivity contribution < 1.29 is 18.6 Å². The van der Waals surface area contributed by atoms with Gasteiger partial charge in [-0.25, -0.2) is 0 Å². The number of hydrogen-bond donors (Lipinski definition) is 1. The Bertz CT molecular complexity index is 37.8. The topological polar surface area (TPSA) is 26.0 Å². The van der Waals surface area contributed by atoms with Crippen LogP contribution >= 0.6 is 0 Å². The summed E-state index contributed by atoms with van der Waals surface area (Å²) in [6.45, 7) is 6.41. The van der Waals surface area contributed by atoms with Crippen LogP contribution in [0.1, 0.15) is 27.2 Å². The summed E-state index contributed by atoms with van der Waals surface area (Å²) in [4.78, 5) is 0. The van der Waals surface area contributed by atoms with Gasteiger partial charge in [0.1, 0.15) is 0 Å². The van der Waals surface area contributed by atoms with E-state index in [0.29, 0.717) is 6.04 Å². The van der Waals surface area contributed by atoms with Crippen molar-refractivity contribution >= 4 is 0 Å². The first-order chi connectivity index (χ1) is 3.13. The first-order valence-corrected chi connectivity index (χ1v) is 2.88. The quantitative estimate of drug-likeness (QED) is 0.635. The molecule has 0 aliphatic rings. The predicted molar refractivity (Wildman–Crippen MR) is 33.1 cm³/mol. The third-order valence-electron chi connectivity index (χ3n) is 0.843. The third kappa shape index (κ3) is 9.74. The van der Waals surface area contributed by atoms with Gasteiger partial charge in [0.25, 0.3) is 0 Å². The van der Waals surface area contributed by atoms with Crippen molar-refractivity contribution in [2.45, 2.75) is 33.2 Å². The molecule has 2 heteroatoms. The van der Waals surface area contributed by atoms with Gasteiger partial charge < -0.3 is 5.73 Å². The zero-order valence-electron chi connectivity index (χ0n) is 5.89. The minimum atomic E-state index is 0. The summed E-state index contributed by atoms with van der Waals surface area (Å²) in [5.41, 5.74) is 5.49. The fourth-order valence-corrected chi connectivity index (χ4v) is 0.744. The van der Waals surface area contributed by atoms with Crippen LogP contribution in [0.25, 0.3) is 0 Å². The second-order valence-electron chi connectivity index (χ2n) is 2.61. The first-order valence-electron chi connectivity index (χ1n) is 2.88. The summed E-state index contributed by atoms with van der Waals surface area (Å²) in [7, 11) is 0. The van der Waals surface area contributed by atoms with Crippen molar-refractivity contribution in [1.82, 2.24) is 0 Å². The molecule has 8 heavy (non-hydrogen) atoms. The fraction of sp³-hybridized carbons (Fsp3) is 1.00. The van der Waals surface area contributed by atoms with E-state index in [1.54, 1.807) is 0 Å². The van der Waals surface area contributed by atoms with Crippen molar-refractivity contribution in [3.63, 3.8) is 0 Å². The Labute approximate surface area is 63.9 Å². The summed E-state index contributed by atoms with van der Waals surface area (Å²) in [6, 6.07) is 0.375. The summed E-state index contributed by atoms with van der Waals surface area (Å²) in [5, 5.41) is 0. The molecule has 0 fully saturated rings. The molecule has 49 valence electrons. The van der Waals surface area contributed by atoms with Crippen LogP contribution in [-0.4, -0.2) is 6.04 Å². The van der Waals surface area contributed by atoms with Crippen LogP contribution in [0.4, 0.5) is 0 Å². The predicted octanol–water partition coefficient (Wildman–Crippen LogP) is 1.38. The van der Waals surface area contributed by atoms with Crippen molar-refractivity contribution in [3.05, 3.63) is 0 Å². The van der Waals surface area contributed by atoms with Crippen LogP contribution in [0.3, 0.4) is 0 Å². The molecular weight excluding hydrogens is 137 g/mol. The zero-order valence-corrected chi connectivity index (χ0v) is 7.28. The zero-order chi connectivity index (χ0) is 5.86. The Hall–Kier alpha value is 0.544. The van der Waals surface area contributed by atoms with Gasteiger partial charge >= 0.3 is 0 Å². The van der Waals surface area contributed by atoms with Crippen LogP contribution in [0.15, 0.2) is 0 Å². The number of nitrogens with two attached hydrogens (primary N) is 1. The van der Waals surface area contributed by atoms with Crippen LogP contribution in [0.2, 0.25) is 0 Å². The summed E-state index contributed by atoms with van der Waals surface area (Å²) >= 11 is 0. The molecule has 0 aromatic carbocycles. The molecule has 1 atom stereocenters. The van der Waals surface area contributed by atoms with E-state index in [0.717, 1.165) is 12.3 Å². The minimum absolute atomic E-state index is 0. The Balaban J connectivity index is 0. The standard InChI is InChI=1S/C6H15N.V/c1-5(2)4-6(3)7;/h5-6H,4,7H2,1-3H3;. The van der Waals surface area contributed by atoms with E-state index in [2.05, 4.69) is 13.8 Å². The Morgan fingerprint density at radius 1 is 1.25 bits per heavy atom. The molecule has 0 amide bonds. The molecule has 1 radical (unpaired) electrons. The van der Waals surface area contributed by atoms with E-state index >= 15 is 0 Å². The van der Waals surface area contributed by atoms with E-state index < -0.39 is 0 Å². The van der Waals surface area contributed by atoms with Crippen LogP contribution < -0.4 is 5.73 Å². The SMILES string of the molecule is CC(C)CC(C)N.[V]. The van der Waals surface area contributed by atoms with Gasteiger partial charge in [0.05, 0.1) is 0 Å². The molecule has 0 heterocycles. The molecule has 0 aliphatic heterocycles. The van der Waals surface area contributed by atoms with Gasteiger partial charge in [0.15, 0.2) is 0 Å². The van der Waals surface area contributed by atoms with E-state index in [4.69, 9.17) is 5.73 Å². The molecule has 0 spiro atoms. The van der Waals surface area contributed by atoms with Crippen molar-refractivity contribution in [3.8, 4) is 0 Å². The number of rotatable bonds is 2. The maximum Gasteiger partial charge on any atom is 0.00129 e. The van der Waals surface area contributed by atoms with Crippen LogP contribution in [0.5, 0.6) is 0 Å². The van der Waals surface area contributed by atoms with Gasteiger partial charge in [0.2, 0.25) is 0 Å². The molecule has 0 saturated carbocycles. The molecule has 0 aliphatic carbocycles. The third-order valence-corrected chi connectivity index (χ3v) is 0.843. The van der Waals surface area contributed by atoms with Gasteiger partial charge in [-0.1, -0.05) is 13.8 Å². The maximum atomic E-state index is 5.49. The van der Waals surface area contributed by atoms with E-state index in [-0.39, 0.29) is 18.6 Å². The van der Waals surface area contributed by atoms with Crippen molar-refractivity contribution in [1.29, 1.82) is 0 Å². The average molecular weight is 152 g/mol. The maximum absolute atomic E-state index is 5.49. The van der Waals surface area contributed by atoms with E-state index in [1.807, 2.05) is 6.92 Å². The van der Waals surface area contributed by atoms with Crippen LogP contribution in [0, 0.1) is 5.92 Å². The summed E-state index contributed by atoms with van der Waals surface area (Å²) in [5.74, 6) is 0.750.